The van der Waals surface area contributed by atoms with Crippen LogP contribution in [0.1, 0.15) is 22.8 Å². The van der Waals surface area contributed by atoms with E-state index in [1.807, 2.05) is 51.2 Å². The second-order valence-electron chi connectivity index (χ2n) is 6.07. The van der Waals surface area contributed by atoms with Gasteiger partial charge in [-0.05, 0) is 32.1 Å². The summed E-state index contributed by atoms with van der Waals surface area (Å²) in [5.41, 5.74) is 9.22. The lowest BCUT2D eigenvalue weighted by Gasteiger charge is -2.07. The van der Waals surface area contributed by atoms with E-state index in [0.717, 1.165) is 22.6 Å². The van der Waals surface area contributed by atoms with E-state index < -0.39 is 5.97 Å². The number of carbonyl (C=O) groups excluding carboxylic acids is 1. The largest absolute Gasteiger partial charge is 0.454 e. The molecule has 3 rings (SSSR count). The quantitative estimate of drug-likeness (QED) is 0.494. The number of hydrogen-bond acceptors (Lipinski definition) is 8. The van der Waals surface area contributed by atoms with Crippen LogP contribution in [0.4, 0.5) is 17.6 Å². The van der Waals surface area contributed by atoms with Gasteiger partial charge in [0.25, 0.3) is 0 Å². The van der Waals surface area contributed by atoms with Gasteiger partial charge in [-0.3, -0.25) is 4.68 Å². The van der Waals surface area contributed by atoms with Crippen molar-refractivity contribution in [1.82, 2.24) is 24.7 Å². The average molecular weight is 379 g/mol. The second kappa shape index (κ2) is 8.30. The van der Waals surface area contributed by atoms with Crippen molar-refractivity contribution in [3.05, 3.63) is 59.2 Å². The van der Waals surface area contributed by atoms with Crippen LogP contribution in [0.3, 0.4) is 0 Å². The molecule has 0 saturated heterocycles. The fourth-order valence-corrected chi connectivity index (χ4v) is 2.58. The molecule has 0 spiro atoms. The number of aryl methyl sites for hydroxylation is 2. The van der Waals surface area contributed by atoms with Gasteiger partial charge in [-0.1, -0.05) is 18.2 Å². The zero-order chi connectivity index (χ0) is 20.1. The number of esters is 1. The van der Waals surface area contributed by atoms with Crippen LogP contribution in [0.2, 0.25) is 0 Å². The predicted molar refractivity (Wildman–Crippen MR) is 105 cm³/mol. The van der Waals surface area contributed by atoms with Gasteiger partial charge in [-0.15, -0.1) is 0 Å². The van der Waals surface area contributed by atoms with Gasteiger partial charge in [-0.2, -0.15) is 20.1 Å². The van der Waals surface area contributed by atoms with Crippen LogP contribution >= 0.6 is 0 Å². The van der Waals surface area contributed by atoms with Crippen molar-refractivity contribution in [3.63, 3.8) is 0 Å². The zero-order valence-corrected chi connectivity index (χ0v) is 15.9. The molecule has 3 N–H and O–H groups in total. The van der Waals surface area contributed by atoms with Gasteiger partial charge in [0.15, 0.2) is 12.4 Å². The standard InChI is InChI=1S/C19H21N7O2/c1-12-15(13(2)26(3)25-12)9-10-17(27)28-11-16-22-18(20)24-19(23-16)21-14-7-5-4-6-8-14/h4-10H,11H2,1-3H3,(H3,20,21,22,23,24)/b10-9+. The third kappa shape index (κ3) is 4.70. The number of nitrogens with zero attached hydrogens (tertiary/aromatic N) is 5. The van der Waals surface area contributed by atoms with Gasteiger partial charge in [-0.25, -0.2) is 4.79 Å². The Kier molecular flexibility index (Phi) is 5.64. The minimum atomic E-state index is -0.515. The molecule has 0 bridgehead atoms. The highest BCUT2D eigenvalue weighted by molar-refractivity contribution is 5.87. The zero-order valence-electron chi connectivity index (χ0n) is 15.9. The third-order valence-electron chi connectivity index (χ3n) is 4.02. The van der Waals surface area contributed by atoms with Crippen molar-refractivity contribution >= 4 is 29.6 Å². The summed E-state index contributed by atoms with van der Waals surface area (Å²) in [6, 6.07) is 9.40. The topological polar surface area (TPSA) is 121 Å². The number of nitrogen functional groups attached to an aromatic ring is 1. The predicted octanol–water partition coefficient (Wildman–Crippen LogP) is 2.30. The Morgan fingerprint density at radius 3 is 2.64 bits per heavy atom. The lowest BCUT2D eigenvalue weighted by atomic mass is 10.2. The summed E-state index contributed by atoms with van der Waals surface area (Å²) in [6.45, 7) is 3.69. The molecule has 1 aromatic carbocycles. The Morgan fingerprint density at radius 1 is 1.21 bits per heavy atom. The van der Waals surface area contributed by atoms with E-state index in [-0.39, 0.29) is 24.3 Å². The minimum Gasteiger partial charge on any atom is -0.454 e. The van der Waals surface area contributed by atoms with Crippen molar-refractivity contribution in [3.8, 4) is 0 Å². The first-order valence-electron chi connectivity index (χ1n) is 8.60. The van der Waals surface area contributed by atoms with Crippen molar-refractivity contribution in [2.24, 2.45) is 7.05 Å². The van der Waals surface area contributed by atoms with Crippen LogP contribution in [-0.4, -0.2) is 30.7 Å². The number of anilines is 3. The van der Waals surface area contributed by atoms with Gasteiger partial charge < -0.3 is 15.8 Å². The summed E-state index contributed by atoms with van der Waals surface area (Å²) in [4.78, 5) is 24.3. The average Bonchev–Trinajstić information content (AvgIpc) is 2.90. The van der Waals surface area contributed by atoms with Crippen LogP contribution in [0.5, 0.6) is 0 Å². The number of nitrogens with one attached hydrogen (secondary N) is 1. The van der Waals surface area contributed by atoms with Crippen molar-refractivity contribution in [2.75, 3.05) is 11.1 Å². The number of rotatable bonds is 6. The van der Waals surface area contributed by atoms with E-state index in [2.05, 4.69) is 25.4 Å². The maximum atomic E-state index is 12.0. The van der Waals surface area contributed by atoms with Gasteiger partial charge in [0.2, 0.25) is 11.9 Å². The number of ether oxygens (including phenoxy) is 1. The molecule has 0 amide bonds. The molecule has 0 aliphatic carbocycles. The lowest BCUT2D eigenvalue weighted by Crippen LogP contribution is -2.10. The molecule has 2 aromatic heterocycles. The SMILES string of the molecule is Cc1nn(C)c(C)c1/C=C/C(=O)OCc1nc(N)nc(Nc2ccccc2)n1. The Labute approximate surface area is 162 Å². The summed E-state index contributed by atoms with van der Waals surface area (Å²) in [5.74, 6) is 0.0548. The molecular weight excluding hydrogens is 358 g/mol. The summed E-state index contributed by atoms with van der Waals surface area (Å²) < 4.78 is 6.97. The van der Waals surface area contributed by atoms with Crippen molar-refractivity contribution in [1.29, 1.82) is 0 Å². The van der Waals surface area contributed by atoms with Gasteiger partial charge >= 0.3 is 5.97 Å². The smallest absolute Gasteiger partial charge is 0.331 e. The summed E-state index contributed by atoms with van der Waals surface area (Å²) >= 11 is 0. The number of carbonyl (C=O) groups is 1. The number of benzene rings is 1. The number of aromatic nitrogens is 5. The molecule has 0 radical (unpaired) electrons. The molecule has 2 heterocycles. The minimum absolute atomic E-state index is 0.0385. The van der Waals surface area contributed by atoms with Crippen LogP contribution in [-0.2, 0) is 23.2 Å². The molecule has 0 aliphatic rings. The number of para-hydroxylation sites is 1. The summed E-state index contributed by atoms with van der Waals surface area (Å²) in [5, 5.41) is 7.33. The lowest BCUT2D eigenvalue weighted by molar-refractivity contribution is -0.139. The Bertz CT molecular complexity index is 1010. The fourth-order valence-electron chi connectivity index (χ4n) is 2.58. The molecule has 9 nitrogen and oxygen atoms in total. The molecule has 0 atom stereocenters. The monoisotopic (exact) mass is 379 g/mol. The van der Waals surface area contributed by atoms with Crippen molar-refractivity contribution in [2.45, 2.75) is 20.5 Å². The van der Waals surface area contributed by atoms with Crippen molar-refractivity contribution < 1.29 is 9.53 Å². The third-order valence-corrected chi connectivity index (χ3v) is 4.02. The highest BCUT2D eigenvalue weighted by atomic mass is 16.5. The molecule has 9 heteroatoms. The normalized spacial score (nSPS) is 11.0. The molecular formula is C19H21N7O2. The van der Waals surface area contributed by atoms with E-state index in [1.165, 1.54) is 6.08 Å². The summed E-state index contributed by atoms with van der Waals surface area (Å²) in [6.07, 6.45) is 3.04. The molecule has 144 valence electrons. The highest BCUT2D eigenvalue weighted by Crippen LogP contribution is 2.15. The number of hydrogen-bond donors (Lipinski definition) is 2. The maximum absolute atomic E-state index is 12.0. The molecule has 0 unspecified atom stereocenters. The van der Waals surface area contributed by atoms with E-state index >= 15 is 0 Å². The van der Waals surface area contributed by atoms with Crippen LogP contribution in [0.25, 0.3) is 6.08 Å². The van der Waals surface area contributed by atoms with E-state index in [4.69, 9.17) is 10.5 Å². The molecule has 0 saturated carbocycles. The Morgan fingerprint density at radius 2 is 1.96 bits per heavy atom. The second-order valence-corrected chi connectivity index (χ2v) is 6.07. The van der Waals surface area contributed by atoms with E-state index in [9.17, 15) is 4.79 Å². The summed E-state index contributed by atoms with van der Waals surface area (Å²) in [7, 11) is 1.85. The van der Waals surface area contributed by atoms with Crippen LogP contribution in [0.15, 0.2) is 36.4 Å². The van der Waals surface area contributed by atoms with Gasteiger partial charge in [0, 0.05) is 30.1 Å². The molecule has 3 aromatic rings. The van der Waals surface area contributed by atoms with E-state index in [0.29, 0.717) is 0 Å². The maximum Gasteiger partial charge on any atom is 0.331 e. The van der Waals surface area contributed by atoms with Crippen LogP contribution in [0, 0.1) is 13.8 Å². The molecule has 28 heavy (non-hydrogen) atoms. The first-order valence-corrected chi connectivity index (χ1v) is 8.60. The fraction of sp³-hybridized carbons (Fsp3) is 0.211. The first-order chi connectivity index (χ1) is 13.4. The van der Waals surface area contributed by atoms with Gasteiger partial charge in [0.05, 0.1) is 5.69 Å². The van der Waals surface area contributed by atoms with Gasteiger partial charge in [0.1, 0.15) is 0 Å². The van der Waals surface area contributed by atoms with Crippen LogP contribution < -0.4 is 11.1 Å². The Hall–Kier alpha value is -3.75. The molecule has 0 aliphatic heterocycles. The molecule has 0 fully saturated rings. The van der Waals surface area contributed by atoms with E-state index in [1.54, 1.807) is 10.8 Å². The number of nitrogens with two attached hydrogens (primary N) is 1. The Balaban J connectivity index is 1.63. The first kappa shape index (κ1) is 19.0. The highest BCUT2D eigenvalue weighted by Gasteiger charge is 2.09.